The Kier molecular flexibility index (Phi) is 5.49. The molecule has 0 aromatic heterocycles. The smallest absolute Gasteiger partial charge is 0.164 e. The van der Waals surface area contributed by atoms with E-state index in [0.29, 0.717) is 12.3 Å². The number of hydrogen-bond donors (Lipinski definition) is 0. The predicted octanol–water partition coefficient (Wildman–Crippen LogP) is 5.10. The minimum Gasteiger partial charge on any atom is -0.496 e. The second-order valence-electron chi connectivity index (χ2n) is 7.47. The van der Waals surface area contributed by atoms with Crippen molar-refractivity contribution in [1.82, 2.24) is 0 Å². The zero-order valence-electron chi connectivity index (χ0n) is 14.3. The van der Waals surface area contributed by atoms with E-state index in [-0.39, 0.29) is 16.6 Å². The molecule has 118 valence electrons. The minimum absolute atomic E-state index is 0.0867. The molecule has 0 unspecified atom stereocenters. The third-order valence-electron chi connectivity index (χ3n) is 3.55. The van der Waals surface area contributed by atoms with Crippen molar-refractivity contribution in [3.63, 3.8) is 0 Å². The molecule has 0 N–H and O–H groups in total. The molecule has 0 spiro atoms. The molecule has 0 bridgehead atoms. The fraction of sp³-hybridized carbons (Fsp3) is 0.611. The Balaban J connectivity index is 3.63. The highest BCUT2D eigenvalue weighted by Crippen LogP contribution is 2.40. The maximum atomic E-state index is 12.3. The Labute approximate surface area is 133 Å². The molecule has 0 amide bonds. The van der Waals surface area contributed by atoms with Gasteiger partial charge in [-0.25, -0.2) is 0 Å². The highest BCUT2D eigenvalue weighted by Gasteiger charge is 2.28. The van der Waals surface area contributed by atoms with Crippen LogP contribution in [0.25, 0.3) is 0 Å². The van der Waals surface area contributed by atoms with Gasteiger partial charge in [-0.1, -0.05) is 41.5 Å². The van der Waals surface area contributed by atoms with Gasteiger partial charge in [0.05, 0.1) is 7.11 Å². The molecule has 2 nitrogen and oxygen atoms in total. The standard InChI is InChI=1S/C18H27ClO2/c1-17(2,3)13-10-12(15(20)8-9-19)11-14(16(13)21-7)18(4,5)6/h10-11H,8-9H2,1-7H3. The lowest BCUT2D eigenvalue weighted by Crippen LogP contribution is -2.20. The van der Waals surface area contributed by atoms with Gasteiger partial charge in [0.25, 0.3) is 0 Å². The van der Waals surface area contributed by atoms with Crippen LogP contribution in [0.3, 0.4) is 0 Å². The molecule has 0 aliphatic rings. The van der Waals surface area contributed by atoms with E-state index in [1.165, 1.54) is 0 Å². The second-order valence-corrected chi connectivity index (χ2v) is 7.84. The molecule has 1 rings (SSSR count). The number of Topliss-reactive ketones (excluding diaryl/α,β-unsaturated/α-hetero) is 1. The monoisotopic (exact) mass is 310 g/mol. The van der Waals surface area contributed by atoms with Crippen LogP contribution in [0.15, 0.2) is 12.1 Å². The van der Waals surface area contributed by atoms with E-state index in [0.717, 1.165) is 22.4 Å². The largest absolute Gasteiger partial charge is 0.496 e. The molecule has 0 radical (unpaired) electrons. The zero-order chi connectivity index (χ0) is 16.4. The fourth-order valence-electron chi connectivity index (χ4n) is 2.35. The summed E-state index contributed by atoms with van der Waals surface area (Å²) in [6.45, 7) is 12.8. The highest BCUT2D eigenvalue weighted by atomic mass is 35.5. The Hall–Kier alpha value is -1.02. The fourth-order valence-corrected chi connectivity index (χ4v) is 2.53. The number of ether oxygens (including phenoxy) is 1. The Morgan fingerprint density at radius 3 is 1.76 bits per heavy atom. The third kappa shape index (κ3) is 4.23. The summed E-state index contributed by atoms with van der Waals surface area (Å²) in [6.07, 6.45) is 0.362. The van der Waals surface area contributed by atoms with Crippen LogP contribution in [-0.4, -0.2) is 18.8 Å². The first-order chi connectivity index (χ1) is 9.52. The number of halogens is 1. The van der Waals surface area contributed by atoms with Crippen LogP contribution >= 0.6 is 11.6 Å². The molecule has 1 aromatic carbocycles. The number of ketones is 1. The molecular formula is C18H27ClO2. The van der Waals surface area contributed by atoms with Gasteiger partial charge in [-0.3, -0.25) is 4.79 Å². The van der Waals surface area contributed by atoms with Gasteiger partial charge in [0, 0.05) is 29.0 Å². The SMILES string of the molecule is COc1c(C(C)(C)C)cc(C(=O)CCCl)cc1C(C)(C)C. The molecule has 0 aliphatic heterocycles. The van der Waals surface area contributed by atoms with Crippen LogP contribution in [0, 0.1) is 0 Å². The van der Waals surface area contributed by atoms with E-state index in [9.17, 15) is 4.79 Å². The van der Waals surface area contributed by atoms with Crippen molar-refractivity contribution in [3.05, 3.63) is 28.8 Å². The lowest BCUT2D eigenvalue weighted by atomic mass is 9.78. The van der Waals surface area contributed by atoms with E-state index >= 15 is 0 Å². The van der Waals surface area contributed by atoms with Crippen molar-refractivity contribution in [2.75, 3.05) is 13.0 Å². The first-order valence-electron chi connectivity index (χ1n) is 7.34. The lowest BCUT2D eigenvalue weighted by molar-refractivity contribution is 0.0989. The molecule has 21 heavy (non-hydrogen) atoms. The average Bonchev–Trinajstić information content (AvgIpc) is 2.35. The van der Waals surface area contributed by atoms with Crippen molar-refractivity contribution in [2.24, 2.45) is 0 Å². The molecular weight excluding hydrogens is 284 g/mol. The molecule has 0 fully saturated rings. The van der Waals surface area contributed by atoms with Gasteiger partial charge in [-0.2, -0.15) is 0 Å². The van der Waals surface area contributed by atoms with Crippen LogP contribution < -0.4 is 4.74 Å². The van der Waals surface area contributed by atoms with E-state index < -0.39 is 0 Å². The van der Waals surface area contributed by atoms with Crippen LogP contribution in [0.1, 0.15) is 69.4 Å². The quantitative estimate of drug-likeness (QED) is 0.571. The molecule has 0 atom stereocenters. The highest BCUT2D eigenvalue weighted by molar-refractivity contribution is 6.19. The van der Waals surface area contributed by atoms with E-state index in [1.54, 1.807) is 7.11 Å². The Bertz CT molecular complexity index is 484. The maximum absolute atomic E-state index is 12.3. The predicted molar refractivity (Wildman–Crippen MR) is 90.1 cm³/mol. The van der Waals surface area contributed by atoms with Gasteiger partial charge in [0.2, 0.25) is 0 Å². The Morgan fingerprint density at radius 2 is 1.48 bits per heavy atom. The number of hydrogen-bond acceptors (Lipinski definition) is 2. The van der Waals surface area contributed by atoms with E-state index in [2.05, 4.69) is 41.5 Å². The minimum atomic E-state index is -0.0946. The van der Waals surface area contributed by atoms with E-state index in [1.807, 2.05) is 12.1 Å². The van der Waals surface area contributed by atoms with Gasteiger partial charge >= 0.3 is 0 Å². The van der Waals surface area contributed by atoms with E-state index in [4.69, 9.17) is 16.3 Å². The van der Waals surface area contributed by atoms with Crippen LogP contribution in [0.2, 0.25) is 0 Å². The number of methoxy groups -OCH3 is 1. The summed E-state index contributed by atoms with van der Waals surface area (Å²) >= 11 is 5.72. The van der Waals surface area contributed by atoms with Crippen molar-refractivity contribution in [3.8, 4) is 5.75 Å². The number of benzene rings is 1. The summed E-state index contributed by atoms with van der Waals surface area (Å²) < 4.78 is 5.69. The summed E-state index contributed by atoms with van der Waals surface area (Å²) in [5.74, 6) is 1.32. The summed E-state index contributed by atoms with van der Waals surface area (Å²) in [5.41, 5.74) is 2.67. The molecule has 0 heterocycles. The molecule has 0 saturated heterocycles. The summed E-state index contributed by atoms with van der Waals surface area (Å²) in [5, 5.41) is 0. The number of carbonyl (C=O) groups is 1. The molecule has 3 heteroatoms. The average molecular weight is 311 g/mol. The molecule has 0 aliphatic carbocycles. The summed E-state index contributed by atoms with van der Waals surface area (Å²) in [4.78, 5) is 12.3. The van der Waals surface area contributed by atoms with Gasteiger partial charge in [0.1, 0.15) is 5.75 Å². The van der Waals surface area contributed by atoms with Gasteiger partial charge in [-0.15, -0.1) is 11.6 Å². The van der Waals surface area contributed by atoms with Crippen molar-refractivity contribution in [2.45, 2.75) is 58.8 Å². The Morgan fingerprint density at radius 1 is 1.05 bits per heavy atom. The van der Waals surface area contributed by atoms with Crippen molar-refractivity contribution in [1.29, 1.82) is 0 Å². The zero-order valence-corrected chi connectivity index (χ0v) is 15.0. The van der Waals surface area contributed by atoms with Crippen molar-refractivity contribution < 1.29 is 9.53 Å². The summed E-state index contributed by atoms with van der Waals surface area (Å²) in [7, 11) is 1.69. The maximum Gasteiger partial charge on any atom is 0.164 e. The molecule has 1 aromatic rings. The lowest BCUT2D eigenvalue weighted by Gasteiger charge is -2.29. The van der Waals surface area contributed by atoms with Crippen LogP contribution in [0.4, 0.5) is 0 Å². The van der Waals surface area contributed by atoms with Crippen LogP contribution in [0.5, 0.6) is 5.75 Å². The number of rotatable bonds is 4. The normalized spacial score (nSPS) is 12.4. The first kappa shape index (κ1) is 18.0. The second kappa shape index (κ2) is 6.39. The van der Waals surface area contributed by atoms with Crippen molar-refractivity contribution >= 4 is 17.4 Å². The first-order valence-corrected chi connectivity index (χ1v) is 7.88. The third-order valence-corrected chi connectivity index (χ3v) is 3.74. The van der Waals surface area contributed by atoms with Gasteiger partial charge < -0.3 is 4.74 Å². The number of alkyl halides is 1. The molecule has 0 saturated carbocycles. The van der Waals surface area contributed by atoms with Crippen LogP contribution in [-0.2, 0) is 10.8 Å². The number of carbonyl (C=O) groups excluding carboxylic acids is 1. The summed E-state index contributed by atoms with van der Waals surface area (Å²) in [6, 6.07) is 3.92. The topological polar surface area (TPSA) is 26.3 Å². The van der Waals surface area contributed by atoms with Gasteiger partial charge in [0.15, 0.2) is 5.78 Å². The van der Waals surface area contributed by atoms with Gasteiger partial charge in [-0.05, 0) is 23.0 Å².